The maximum Gasteiger partial charge on any atom is 0.240 e. The summed E-state index contributed by atoms with van der Waals surface area (Å²) >= 11 is 5.80. The van der Waals surface area contributed by atoms with Crippen LogP contribution in [0.3, 0.4) is 0 Å². The minimum absolute atomic E-state index is 0.232. The van der Waals surface area contributed by atoms with E-state index in [9.17, 15) is 8.42 Å². The van der Waals surface area contributed by atoms with E-state index in [0.717, 1.165) is 11.1 Å². The van der Waals surface area contributed by atoms with E-state index in [-0.39, 0.29) is 11.4 Å². The van der Waals surface area contributed by atoms with Gasteiger partial charge in [-0.2, -0.15) is 0 Å². The van der Waals surface area contributed by atoms with Gasteiger partial charge in [-0.3, -0.25) is 0 Å². The van der Waals surface area contributed by atoms with Crippen molar-refractivity contribution in [1.82, 2.24) is 10.0 Å². The van der Waals surface area contributed by atoms with Crippen LogP contribution in [-0.4, -0.2) is 15.5 Å². The van der Waals surface area contributed by atoms with Gasteiger partial charge in [0.05, 0.1) is 4.90 Å². The van der Waals surface area contributed by atoms with E-state index in [1.807, 2.05) is 13.1 Å². The summed E-state index contributed by atoms with van der Waals surface area (Å²) in [5.41, 5.74) is 1.78. The minimum Gasteiger partial charge on any atom is -0.316 e. The highest BCUT2D eigenvalue weighted by atomic mass is 35.5. The molecule has 0 fully saturated rings. The second-order valence-corrected chi connectivity index (χ2v) is 6.83. The van der Waals surface area contributed by atoms with Crippen LogP contribution in [0.25, 0.3) is 0 Å². The average molecular weight is 325 g/mol. The SMILES string of the molecule is CNCc1cccc(S(=O)(=O)NCc2ccc(Cl)cc2)c1. The number of nitrogens with one attached hydrogen (secondary N) is 2. The van der Waals surface area contributed by atoms with Crippen LogP contribution < -0.4 is 10.0 Å². The molecule has 0 saturated heterocycles. The van der Waals surface area contributed by atoms with Crippen LogP contribution in [0, 0.1) is 0 Å². The van der Waals surface area contributed by atoms with Gasteiger partial charge in [-0.05, 0) is 42.4 Å². The number of hydrogen-bond acceptors (Lipinski definition) is 3. The molecular formula is C15H17ClN2O2S. The standard InChI is InChI=1S/C15H17ClN2O2S/c1-17-10-13-3-2-4-15(9-13)21(19,20)18-11-12-5-7-14(16)8-6-12/h2-9,17-18H,10-11H2,1H3. The third kappa shape index (κ3) is 4.54. The summed E-state index contributed by atoms with van der Waals surface area (Å²) in [7, 11) is -1.70. The Kier molecular flexibility index (Phi) is 5.36. The Bertz CT molecular complexity index is 700. The highest BCUT2D eigenvalue weighted by Crippen LogP contribution is 2.13. The Morgan fingerprint density at radius 1 is 1.00 bits per heavy atom. The van der Waals surface area contributed by atoms with Gasteiger partial charge in [0.15, 0.2) is 0 Å². The molecule has 2 rings (SSSR count). The third-order valence-electron chi connectivity index (χ3n) is 2.97. The molecule has 0 bridgehead atoms. The Balaban J connectivity index is 2.11. The van der Waals surface area contributed by atoms with Crippen molar-refractivity contribution >= 4 is 21.6 Å². The van der Waals surface area contributed by atoms with Crippen molar-refractivity contribution in [3.05, 3.63) is 64.7 Å². The second kappa shape index (κ2) is 7.04. The van der Waals surface area contributed by atoms with Gasteiger partial charge in [0.1, 0.15) is 0 Å². The van der Waals surface area contributed by atoms with Crippen LogP contribution in [0.1, 0.15) is 11.1 Å². The molecule has 0 amide bonds. The largest absolute Gasteiger partial charge is 0.316 e. The first-order valence-corrected chi connectivity index (χ1v) is 8.35. The fourth-order valence-electron chi connectivity index (χ4n) is 1.89. The van der Waals surface area contributed by atoms with Crippen LogP contribution in [0.2, 0.25) is 5.02 Å². The monoisotopic (exact) mass is 324 g/mol. The van der Waals surface area contributed by atoms with Crippen molar-refractivity contribution in [3.8, 4) is 0 Å². The number of hydrogen-bond donors (Lipinski definition) is 2. The third-order valence-corrected chi connectivity index (χ3v) is 4.62. The van der Waals surface area contributed by atoms with Gasteiger partial charge < -0.3 is 5.32 Å². The van der Waals surface area contributed by atoms with Crippen molar-refractivity contribution in [1.29, 1.82) is 0 Å². The predicted octanol–water partition coefficient (Wildman–Crippen LogP) is 2.54. The summed E-state index contributed by atoms with van der Waals surface area (Å²) in [5, 5.41) is 3.62. The zero-order valence-corrected chi connectivity index (χ0v) is 13.2. The first-order chi connectivity index (χ1) is 10.0. The summed E-state index contributed by atoms with van der Waals surface area (Å²) in [6, 6.07) is 13.9. The van der Waals surface area contributed by atoms with E-state index in [1.54, 1.807) is 42.5 Å². The van der Waals surface area contributed by atoms with Crippen molar-refractivity contribution in [2.75, 3.05) is 7.05 Å². The van der Waals surface area contributed by atoms with Gasteiger partial charge in [0.2, 0.25) is 10.0 Å². The van der Waals surface area contributed by atoms with Crippen LogP contribution in [-0.2, 0) is 23.1 Å². The Morgan fingerprint density at radius 2 is 1.71 bits per heavy atom. The van der Waals surface area contributed by atoms with E-state index in [4.69, 9.17) is 11.6 Å². The van der Waals surface area contributed by atoms with E-state index >= 15 is 0 Å². The second-order valence-electron chi connectivity index (χ2n) is 4.63. The molecule has 2 aromatic rings. The number of rotatable bonds is 6. The van der Waals surface area contributed by atoms with Gasteiger partial charge in [-0.25, -0.2) is 13.1 Å². The van der Waals surface area contributed by atoms with Crippen molar-refractivity contribution in [2.45, 2.75) is 18.0 Å². The normalized spacial score (nSPS) is 11.5. The number of halogens is 1. The molecule has 0 spiro atoms. The molecule has 21 heavy (non-hydrogen) atoms. The summed E-state index contributed by atoms with van der Waals surface area (Å²) in [6.45, 7) is 0.857. The summed E-state index contributed by atoms with van der Waals surface area (Å²) in [6.07, 6.45) is 0. The summed E-state index contributed by atoms with van der Waals surface area (Å²) < 4.78 is 27.1. The highest BCUT2D eigenvalue weighted by molar-refractivity contribution is 7.89. The van der Waals surface area contributed by atoms with E-state index in [0.29, 0.717) is 11.6 Å². The molecule has 0 atom stereocenters. The lowest BCUT2D eigenvalue weighted by Crippen LogP contribution is -2.23. The van der Waals surface area contributed by atoms with Crippen LogP contribution in [0.5, 0.6) is 0 Å². The maximum atomic E-state index is 12.3. The molecule has 6 heteroatoms. The lowest BCUT2D eigenvalue weighted by molar-refractivity contribution is 0.581. The Labute approximate surface area is 130 Å². The van der Waals surface area contributed by atoms with Crippen molar-refractivity contribution in [2.24, 2.45) is 0 Å². The molecule has 4 nitrogen and oxygen atoms in total. The quantitative estimate of drug-likeness (QED) is 0.858. The highest BCUT2D eigenvalue weighted by Gasteiger charge is 2.13. The molecule has 2 aromatic carbocycles. The van der Waals surface area contributed by atoms with Gasteiger partial charge in [-0.1, -0.05) is 35.9 Å². The lowest BCUT2D eigenvalue weighted by Gasteiger charge is -2.08. The topological polar surface area (TPSA) is 58.2 Å². The smallest absolute Gasteiger partial charge is 0.240 e. The van der Waals surface area contributed by atoms with Crippen molar-refractivity contribution in [3.63, 3.8) is 0 Å². The lowest BCUT2D eigenvalue weighted by atomic mass is 10.2. The van der Waals surface area contributed by atoms with Gasteiger partial charge in [0, 0.05) is 18.1 Å². The number of sulfonamides is 1. The molecule has 0 saturated carbocycles. The molecular weight excluding hydrogens is 308 g/mol. The molecule has 0 aliphatic heterocycles. The molecule has 0 aliphatic carbocycles. The minimum atomic E-state index is -3.52. The first-order valence-electron chi connectivity index (χ1n) is 6.49. The molecule has 2 N–H and O–H groups in total. The molecule has 112 valence electrons. The Morgan fingerprint density at radius 3 is 2.38 bits per heavy atom. The Hall–Kier alpha value is -1.40. The van der Waals surface area contributed by atoms with Gasteiger partial charge >= 0.3 is 0 Å². The van der Waals surface area contributed by atoms with Crippen LogP contribution in [0.15, 0.2) is 53.4 Å². The van der Waals surface area contributed by atoms with Crippen LogP contribution in [0.4, 0.5) is 0 Å². The molecule has 0 radical (unpaired) electrons. The van der Waals surface area contributed by atoms with E-state index in [2.05, 4.69) is 10.0 Å². The number of benzene rings is 2. The van der Waals surface area contributed by atoms with E-state index in [1.165, 1.54) is 0 Å². The van der Waals surface area contributed by atoms with Crippen LogP contribution >= 0.6 is 11.6 Å². The molecule has 0 heterocycles. The van der Waals surface area contributed by atoms with Gasteiger partial charge in [-0.15, -0.1) is 0 Å². The van der Waals surface area contributed by atoms with Crippen molar-refractivity contribution < 1.29 is 8.42 Å². The summed E-state index contributed by atoms with van der Waals surface area (Å²) in [4.78, 5) is 0.268. The fraction of sp³-hybridized carbons (Fsp3) is 0.200. The predicted molar refractivity (Wildman–Crippen MR) is 84.7 cm³/mol. The van der Waals surface area contributed by atoms with Gasteiger partial charge in [0.25, 0.3) is 0 Å². The molecule has 0 aliphatic rings. The van der Waals surface area contributed by atoms with E-state index < -0.39 is 10.0 Å². The fourth-order valence-corrected chi connectivity index (χ4v) is 3.10. The first kappa shape index (κ1) is 16.0. The molecule has 0 aromatic heterocycles. The zero-order chi connectivity index (χ0) is 15.3. The molecule has 0 unspecified atom stereocenters. The average Bonchev–Trinajstić information content (AvgIpc) is 2.47. The maximum absolute atomic E-state index is 12.3. The summed E-state index contributed by atoms with van der Waals surface area (Å²) in [5.74, 6) is 0. The zero-order valence-electron chi connectivity index (χ0n) is 11.6.